The van der Waals surface area contributed by atoms with E-state index >= 15 is 0 Å². The van der Waals surface area contributed by atoms with Gasteiger partial charge in [0.25, 0.3) is 0 Å². The van der Waals surface area contributed by atoms with Gasteiger partial charge < -0.3 is 14.5 Å². The fourth-order valence-electron chi connectivity index (χ4n) is 2.82. The second-order valence-corrected chi connectivity index (χ2v) is 5.81. The van der Waals surface area contributed by atoms with Crippen LogP contribution in [0.1, 0.15) is 18.4 Å². The summed E-state index contributed by atoms with van der Waals surface area (Å²) in [5.41, 5.74) is 2.73. The van der Waals surface area contributed by atoms with E-state index in [0.29, 0.717) is 0 Å². The lowest BCUT2D eigenvalue weighted by atomic mass is 10.1. The second kappa shape index (κ2) is 5.37. The maximum absolute atomic E-state index is 4.09. The maximum atomic E-state index is 4.09. The highest BCUT2D eigenvalue weighted by molar-refractivity contribution is 5.83. The van der Waals surface area contributed by atoms with Crippen LogP contribution in [0, 0.1) is 0 Å². The SMILES string of the molecule is c1cc(CNC2CC2)c2ccn(CCn3ccnc3)c2c1. The largest absolute Gasteiger partial charge is 0.346 e. The lowest BCUT2D eigenvalue weighted by Crippen LogP contribution is -2.15. The number of nitrogens with one attached hydrogen (secondary N) is 1. The van der Waals surface area contributed by atoms with Crippen LogP contribution in [0.15, 0.2) is 49.2 Å². The van der Waals surface area contributed by atoms with E-state index < -0.39 is 0 Å². The van der Waals surface area contributed by atoms with Crippen LogP contribution >= 0.6 is 0 Å². The van der Waals surface area contributed by atoms with E-state index in [1.807, 2.05) is 18.7 Å². The van der Waals surface area contributed by atoms with E-state index in [9.17, 15) is 0 Å². The van der Waals surface area contributed by atoms with Crippen LogP contribution < -0.4 is 5.32 Å². The Labute approximate surface area is 124 Å². The van der Waals surface area contributed by atoms with Gasteiger partial charge in [-0.25, -0.2) is 4.98 Å². The molecule has 0 bridgehead atoms. The first-order chi connectivity index (χ1) is 10.4. The van der Waals surface area contributed by atoms with Gasteiger partial charge in [0.2, 0.25) is 0 Å². The van der Waals surface area contributed by atoms with Gasteiger partial charge >= 0.3 is 0 Å². The van der Waals surface area contributed by atoms with Crippen LogP contribution in [0.4, 0.5) is 0 Å². The van der Waals surface area contributed by atoms with Crippen LogP contribution in [-0.2, 0) is 19.6 Å². The number of rotatable bonds is 6. The molecular formula is C17H20N4. The predicted molar refractivity (Wildman–Crippen MR) is 84.0 cm³/mol. The number of nitrogens with zero attached hydrogens (tertiary/aromatic N) is 3. The molecule has 4 heteroatoms. The fourth-order valence-corrected chi connectivity index (χ4v) is 2.82. The summed E-state index contributed by atoms with van der Waals surface area (Å²) in [6.07, 6.45) is 10.6. The summed E-state index contributed by atoms with van der Waals surface area (Å²) >= 11 is 0. The number of benzene rings is 1. The first-order valence-electron chi connectivity index (χ1n) is 7.66. The highest BCUT2D eigenvalue weighted by Crippen LogP contribution is 2.23. The van der Waals surface area contributed by atoms with E-state index in [1.165, 1.54) is 29.3 Å². The Morgan fingerprint density at radius 3 is 2.90 bits per heavy atom. The summed E-state index contributed by atoms with van der Waals surface area (Å²) < 4.78 is 4.44. The monoisotopic (exact) mass is 280 g/mol. The highest BCUT2D eigenvalue weighted by atomic mass is 15.1. The molecule has 0 atom stereocenters. The van der Waals surface area contributed by atoms with Crippen molar-refractivity contribution in [2.24, 2.45) is 0 Å². The van der Waals surface area contributed by atoms with E-state index in [4.69, 9.17) is 0 Å². The maximum Gasteiger partial charge on any atom is 0.0946 e. The van der Waals surface area contributed by atoms with Gasteiger partial charge in [-0.2, -0.15) is 0 Å². The Hall–Kier alpha value is -2.07. The van der Waals surface area contributed by atoms with Crippen LogP contribution in [-0.4, -0.2) is 20.2 Å². The van der Waals surface area contributed by atoms with Crippen LogP contribution in [0.25, 0.3) is 10.9 Å². The van der Waals surface area contributed by atoms with Gasteiger partial charge in [0.15, 0.2) is 0 Å². The molecule has 1 saturated carbocycles. The average molecular weight is 280 g/mol. The molecule has 2 aromatic heterocycles. The van der Waals surface area contributed by atoms with Crippen molar-refractivity contribution in [3.05, 3.63) is 54.7 Å². The smallest absolute Gasteiger partial charge is 0.0946 e. The molecule has 0 amide bonds. The summed E-state index contributed by atoms with van der Waals surface area (Å²) in [5.74, 6) is 0. The lowest BCUT2D eigenvalue weighted by Gasteiger charge is -2.08. The van der Waals surface area contributed by atoms with Gasteiger partial charge in [-0.15, -0.1) is 0 Å². The van der Waals surface area contributed by atoms with Crippen LogP contribution in [0.2, 0.25) is 0 Å². The zero-order valence-electron chi connectivity index (χ0n) is 12.1. The highest BCUT2D eigenvalue weighted by Gasteiger charge is 2.20. The summed E-state index contributed by atoms with van der Waals surface area (Å²) in [6, 6.07) is 9.61. The number of fused-ring (bicyclic) bond motifs is 1. The second-order valence-electron chi connectivity index (χ2n) is 5.81. The molecule has 1 aliphatic carbocycles. The van der Waals surface area contributed by atoms with Crippen molar-refractivity contribution in [1.82, 2.24) is 19.4 Å². The van der Waals surface area contributed by atoms with Crippen molar-refractivity contribution in [3.63, 3.8) is 0 Å². The predicted octanol–water partition coefficient (Wildman–Crippen LogP) is 2.79. The molecule has 1 aliphatic rings. The molecule has 0 aliphatic heterocycles. The normalized spacial score (nSPS) is 14.9. The quantitative estimate of drug-likeness (QED) is 0.753. The molecule has 4 nitrogen and oxygen atoms in total. The molecule has 0 spiro atoms. The zero-order valence-corrected chi connectivity index (χ0v) is 12.1. The van der Waals surface area contributed by atoms with Crippen molar-refractivity contribution >= 4 is 10.9 Å². The van der Waals surface area contributed by atoms with E-state index in [0.717, 1.165) is 25.7 Å². The van der Waals surface area contributed by atoms with Crippen molar-refractivity contribution in [2.45, 2.75) is 38.5 Å². The van der Waals surface area contributed by atoms with Gasteiger partial charge in [-0.1, -0.05) is 12.1 Å². The number of aromatic nitrogens is 3. The van der Waals surface area contributed by atoms with Gasteiger partial charge in [0.1, 0.15) is 0 Å². The third-order valence-electron chi connectivity index (χ3n) is 4.22. The Morgan fingerprint density at radius 2 is 2.10 bits per heavy atom. The van der Waals surface area contributed by atoms with E-state index in [2.05, 4.69) is 49.9 Å². The Bertz CT molecular complexity index is 722. The molecule has 2 heterocycles. The summed E-state index contributed by atoms with van der Waals surface area (Å²) in [5, 5.41) is 4.98. The Balaban J connectivity index is 1.54. The zero-order chi connectivity index (χ0) is 14.1. The van der Waals surface area contributed by atoms with Crippen LogP contribution in [0.3, 0.4) is 0 Å². The molecule has 0 radical (unpaired) electrons. The molecule has 1 N–H and O–H groups in total. The molecule has 4 rings (SSSR count). The molecule has 0 unspecified atom stereocenters. The average Bonchev–Trinajstić information content (AvgIpc) is 3.01. The summed E-state index contributed by atoms with van der Waals surface area (Å²) in [6.45, 7) is 2.90. The summed E-state index contributed by atoms with van der Waals surface area (Å²) in [7, 11) is 0. The van der Waals surface area contributed by atoms with Crippen molar-refractivity contribution in [2.75, 3.05) is 0 Å². The van der Waals surface area contributed by atoms with E-state index in [-0.39, 0.29) is 0 Å². The number of hydrogen-bond acceptors (Lipinski definition) is 2. The topological polar surface area (TPSA) is 34.8 Å². The van der Waals surface area contributed by atoms with Crippen LogP contribution in [0.5, 0.6) is 0 Å². The molecule has 108 valence electrons. The Morgan fingerprint density at radius 1 is 1.14 bits per heavy atom. The number of hydrogen-bond donors (Lipinski definition) is 1. The molecule has 3 aromatic rings. The standard InChI is InChI=1S/C17H20N4/c1-2-14(12-19-15-4-5-15)16-6-8-21(17(16)3-1)11-10-20-9-7-18-13-20/h1-3,6-9,13,15,19H,4-5,10-12H2. The minimum atomic E-state index is 0.753. The van der Waals surface area contributed by atoms with Gasteiger partial charge in [0, 0.05) is 55.2 Å². The van der Waals surface area contributed by atoms with Crippen molar-refractivity contribution in [1.29, 1.82) is 0 Å². The Kier molecular flexibility index (Phi) is 3.24. The van der Waals surface area contributed by atoms with Gasteiger partial charge in [-0.3, -0.25) is 0 Å². The molecule has 1 fully saturated rings. The number of aryl methyl sites for hydroxylation is 2. The van der Waals surface area contributed by atoms with E-state index in [1.54, 1.807) is 0 Å². The summed E-state index contributed by atoms with van der Waals surface area (Å²) in [4.78, 5) is 4.09. The number of imidazole rings is 1. The fraction of sp³-hybridized carbons (Fsp3) is 0.353. The third kappa shape index (κ3) is 2.72. The molecule has 21 heavy (non-hydrogen) atoms. The van der Waals surface area contributed by atoms with Gasteiger partial charge in [0.05, 0.1) is 6.33 Å². The molecule has 0 saturated heterocycles. The van der Waals surface area contributed by atoms with Gasteiger partial charge in [-0.05, 0) is 30.5 Å². The minimum absolute atomic E-state index is 0.753. The first-order valence-corrected chi connectivity index (χ1v) is 7.66. The molecule has 1 aromatic carbocycles. The van der Waals surface area contributed by atoms with Crippen molar-refractivity contribution in [3.8, 4) is 0 Å². The first kappa shape index (κ1) is 12.7. The molecular weight excluding hydrogens is 260 g/mol. The lowest BCUT2D eigenvalue weighted by molar-refractivity contribution is 0.592. The minimum Gasteiger partial charge on any atom is -0.346 e. The van der Waals surface area contributed by atoms with Crippen molar-refractivity contribution < 1.29 is 0 Å². The third-order valence-corrected chi connectivity index (χ3v) is 4.22.